The summed E-state index contributed by atoms with van der Waals surface area (Å²) in [6, 6.07) is 25.0. The Balaban J connectivity index is 1.55. The normalized spacial score (nSPS) is 11.8. The summed E-state index contributed by atoms with van der Waals surface area (Å²) < 4.78 is 5.79. The van der Waals surface area contributed by atoms with Crippen LogP contribution in [0.2, 0.25) is 0 Å². The van der Waals surface area contributed by atoms with Crippen molar-refractivity contribution >= 4 is 0 Å². The number of rotatable bonds is 8. The molecule has 0 radical (unpaired) electrons. The van der Waals surface area contributed by atoms with E-state index in [0.29, 0.717) is 5.92 Å². The molecule has 0 fully saturated rings. The third-order valence-electron chi connectivity index (χ3n) is 4.21. The number of hydrogen-bond acceptors (Lipinski definition) is 2. The van der Waals surface area contributed by atoms with Gasteiger partial charge in [-0.25, -0.2) is 0 Å². The van der Waals surface area contributed by atoms with E-state index in [1.54, 1.807) is 0 Å². The van der Waals surface area contributed by atoms with Crippen molar-refractivity contribution in [3.05, 3.63) is 96.3 Å². The van der Waals surface area contributed by atoms with Gasteiger partial charge in [-0.1, -0.05) is 48.5 Å². The monoisotopic (exact) mass is 317 g/mol. The average Bonchev–Trinajstić information content (AvgIpc) is 2.67. The van der Waals surface area contributed by atoms with E-state index in [0.717, 1.165) is 31.6 Å². The van der Waals surface area contributed by atoms with Gasteiger partial charge >= 0.3 is 0 Å². The molecular formula is C22H23NO. The summed E-state index contributed by atoms with van der Waals surface area (Å²) in [6.07, 6.45) is 7.07. The summed E-state index contributed by atoms with van der Waals surface area (Å²) in [5.41, 5.74) is 2.70. The predicted molar refractivity (Wildman–Crippen MR) is 98.3 cm³/mol. The Morgan fingerprint density at radius 1 is 0.708 bits per heavy atom. The second-order valence-corrected chi connectivity index (χ2v) is 5.90. The number of unbranched alkanes of at least 4 members (excludes halogenated alkanes) is 1. The molecule has 1 atom stereocenters. The van der Waals surface area contributed by atoms with Crippen LogP contribution in [0.25, 0.3) is 0 Å². The van der Waals surface area contributed by atoms with E-state index in [1.807, 2.05) is 42.7 Å². The van der Waals surface area contributed by atoms with E-state index in [4.69, 9.17) is 4.74 Å². The van der Waals surface area contributed by atoms with Crippen LogP contribution in [0.15, 0.2) is 85.2 Å². The summed E-state index contributed by atoms with van der Waals surface area (Å²) in [5.74, 6) is 1.37. The van der Waals surface area contributed by atoms with Crippen LogP contribution in [-0.2, 0) is 0 Å². The van der Waals surface area contributed by atoms with Gasteiger partial charge in [0.2, 0.25) is 0 Å². The van der Waals surface area contributed by atoms with E-state index < -0.39 is 0 Å². The number of benzene rings is 2. The Morgan fingerprint density at radius 3 is 2.04 bits per heavy atom. The first-order valence-electron chi connectivity index (χ1n) is 8.56. The van der Waals surface area contributed by atoms with Gasteiger partial charge < -0.3 is 4.74 Å². The zero-order valence-corrected chi connectivity index (χ0v) is 13.8. The topological polar surface area (TPSA) is 22.1 Å². The van der Waals surface area contributed by atoms with Crippen LogP contribution in [0.3, 0.4) is 0 Å². The molecule has 1 aromatic heterocycles. The summed E-state index contributed by atoms with van der Waals surface area (Å²) in [7, 11) is 0. The van der Waals surface area contributed by atoms with Crippen LogP contribution in [0, 0.1) is 0 Å². The van der Waals surface area contributed by atoms with Crippen LogP contribution in [0.1, 0.15) is 36.3 Å². The zero-order chi connectivity index (χ0) is 16.5. The molecular weight excluding hydrogens is 294 g/mol. The molecule has 0 aliphatic heterocycles. The number of nitrogens with zero attached hydrogens (tertiary/aromatic N) is 1. The minimum Gasteiger partial charge on any atom is -0.494 e. The molecule has 1 unspecified atom stereocenters. The van der Waals surface area contributed by atoms with E-state index in [1.165, 1.54) is 11.1 Å². The quantitative estimate of drug-likeness (QED) is 0.514. The zero-order valence-electron chi connectivity index (χ0n) is 13.8. The number of ether oxygens (including phenoxy) is 1. The Labute approximate surface area is 144 Å². The average molecular weight is 317 g/mol. The van der Waals surface area contributed by atoms with Gasteiger partial charge in [-0.3, -0.25) is 4.98 Å². The van der Waals surface area contributed by atoms with Crippen molar-refractivity contribution in [1.29, 1.82) is 0 Å². The Kier molecular flexibility index (Phi) is 6.01. The van der Waals surface area contributed by atoms with Crippen molar-refractivity contribution in [2.45, 2.75) is 25.2 Å². The van der Waals surface area contributed by atoms with E-state index in [-0.39, 0.29) is 0 Å². The maximum Gasteiger partial charge on any atom is 0.119 e. The lowest BCUT2D eigenvalue weighted by molar-refractivity contribution is 0.304. The molecule has 122 valence electrons. The first-order valence-corrected chi connectivity index (χ1v) is 8.56. The van der Waals surface area contributed by atoms with Crippen LogP contribution < -0.4 is 4.74 Å². The molecule has 0 amide bonds. The maximum absolute atomic E-state index is 5.79. The lowest BCUT2D eigenvalue weighted by Crippen LogP contribution is -2.03. The van der Waals surface area contributed by atoms with Crippen molar-refractivity contribution in [3.8, 4) is 5.75 Å². The van der Waals surface area contributed by atoms with Crippen LogP contribution in [0.5, 0.6) is 5.75 Å². The minimum absolute atomic E-state index is 0.422. The standard InChI is InChI=1S/C22H23NO/c1-3-9-19(10-4-1)22(20-14-16-23-17-15-20)13-7-8-18-24-21-11-5-2-6-12-21/h1-6,9-12,14-17,22H,7-8,13,18H2. The third kappa shape index (κ3) is 4.69. The second kappa shape index (κ2) is 8.88. The van der Waals surface area contributed by atoms with Crippen LogP contribution >= 0.6 is 0 Å². The Bertz CT molecular complexity index is 658. The van der Waals surface area contributed by atoms with Gasteiger partial charge in [0.15, 0.2) is 0 Å². The lowest BCUT2D eigenvalue weighted by Gasteiger charge is -2.18. The van der Waals surface area contributed by atoms with E-state index in [2.05, 4.69) is 47.4 Å². The maximum atomic E-state index is 5.79. The van der Waals surface area contributed by atoms with Gasteiger partial charge in [0.1, 0.15) is 5.75 Å². The Hall–Kier alpha value is -2.61. The molecule has 0 saturated carbocycles. The molecule has 2 nitrogen and oxygen atoms in total. The number of pyridine rings is 1. The predicted octanol–water partition coefficient (Wildman–Crippen LogP) is 5.46. The van der Waals surface area contributed by atoms with E-state index in [9.17, 15) is 0 Å². The smallest absolute Gasteiger partial charge is 0.119 e. The molecule has 3 rings (SSSR count). The molecule has 0 aliphatic rings. The molecule has 2 heteroatoms. The second-order valence-electron chi connectivity index (χ2n) is 5.90. The van der Waals surface area contributed by atoms with Crippen molar-refractivity contribution < 1.29 is 4.74 Å². The van der Waals surface area contributed by atoms with Gasteiger partial charge in [0.25, 0.3) is 0 Å². The fourth-order valence-corrected chi connectivity index (χ4v) is 2.96. The van der Waals surface area contributed by atoms with Crippen LogP contribution in [0.4, 0.5) is 0 Å². The molecule has 0 aliphatic carbocycles. The van der Waals surface area contributed by atoms with Gasteiger partial charge in [0, 0.05) is 18.3 Å². The van der Waals surface area contributed by atoms with Crippen molar-refractivity contribution in [1.82, 2.24) is 4.98 Å². The molecule has 0 saturated heterocycles. The molecule has 2 aromatic carbocycles. The first kappa shape index (κ1) is 16.3. The lowest BCUT2D eigenvalue weighted by atomic mass is 9.87. The summed E-state index contributed by atoms with van der Waals surface area (Å²) in [5, 5.41) is 0. The highest BCUT2D eigenvalue weighted by Gasteiger charge is 2.13. The van der Waals surface area contributed by atoms with Crippen molar-refractivity contribution in [2.24, 2.45) is 0 Å². The SMILES string of the molecule is c1ccc(OCCCCC(c2ccccc2)c2ccncc2)cc1. The number of hydrogen-bond donors (Lipinski definition) is 0. The van der Waals surface area contributed by atoms with Gasteiger partial charge in [-0.2, -0.15) is 0 Å². The number of para-hydroxylation sites is 1. The molecule has 1 heterocycles. The number of aromatic nitrogens is 1. The van der Waals surface area contributed by atoms with Gasteiger partial charge in [-0.05, 0) is 54.7 Å². The fraction of sp³-hybridized carbons (Fsp3) is 0.227. The largest absolute Gasteiger partial charge is 0.494 e. The molecule has 0 bridgehead atoms. The highest BCUT2D eigenvalue weighted by atomic mass is 16.5. The molecule has 24 heavy (non-hydrogen) atoms. The molecule has 0 spiro atoms. The fourth-order valence-electron chi connectivity index (χ4n) is 2.96. The molecule has 0 N–H and O–H groups in total. The highest BCUT2D eigenvalue weighted by Crippen LogP contribution is 2.29. The van der Waals surface area contributed by atoms with Gasteiger partial charge in [-0.15, -0.1) is 0 Å². The van der Waals surface area contributed by atoms with Gasteiger partial charge in [0.05, 0.1) is 6.61 Å². The van der Waals surface area contributed by atoms with Crippen molar-refractivity contribution in [3.63, 3.8) is 0 Å². The van der Waals surface area contributed by atoms with E-state index >= 15 is 0 Å². The minimum atomic E-state index is 0.422. The highest BCUT2D eigenvalue weighted by molar-refractivity contribution is 5.31. The summed E-state index contributed by atoms with van der Waals surface area (Å²) in [4.78, 5) is 4.14. The third-order valence-corrected chi connectivity index (χ3v) is 4.21. The molecule has 3 aromatic rings. The summed E-state index contributed by atoms with van der Waals surface area (Å²) in [6.45, 7) is 0.766. The van der Waals surface area contributed by atoms with Crippen molar-refractivity contribution in [2.75, 3.05) is 6.61 Å². The van der Waals surface area contributed by atoms with Crippen LogP contribution in [-0.4, -0.2) is 11.6 Å². The Morgan fingerprint density at radius 2 is 1.33 bits per heavy atom. The summed E-state index contributed by atoms with van der Waals surface area (Å²) >= 11 is 0. The first-order chi connectivity index (χ1) is 11.9.